The number of benzene rings is 1. The molecule has 5 heteroatoms. The second-order valence-electron chi connectivity index (χ2n) is 5.29. The molecule has 0 spiro atoms. The van der Waals surface area contributed by atoms with Crippen molar-refractivity contribution in [2.45, 2.75) is 31.8 Å². The number of carboxylic acids is 1. The van der Waals surface area contributed by atoms with Crippen LogP contribution in [0, 0.1) is 0 Å². The van der Waals surface area contributed by atoms with Gasteiger partial charge in [0, 0.05) is 28.7 Å². The number of halogens is 1. The van der Waals surface area contributed by atoms with Gasteiger partial charge in [-0.25, -0.2) is 0 Å². The third-order valence-electron chi connectivity index (χ3n) is 4.12. The molecular formula is C15H17ClN2O2. The van der Waals surface area contributed by atoms with Crippen LogP contribution < -0.4 is 5.32 Å². The van der Waals surface area contributed by atoms with Crippen LogP contribution in [0.15, 0.2) is 18.2 Å². The number of aromatic nitrogens is 1. The van der Waals surface area contributed by atoms with Crippen molar-refractivity contribution in [1.29, 1.82) is 0 Å². The molecule has 0 amide bonds. The highest BCUT2D eigenvalue weighted by Gasteiger charge is 2.24. The van der Waals surface area contributed by atoms with Crippen molar-refractivity contribution in [2.24, 2.45) is 0 Å². The summed E-state index contributed by atoms with van der Waals surface area (Å²) in [5, 5.41) is 14.2. The van der Waals surface area contributed by atoms with E-state index < -0.39 is 5.97 Å². The average molecular weight is 293 g/mol. The number of carboxylic acid groups (broad SMARTS) is 1. The molecule has 1 aromatic carbocycles. The molecule has 3 rings (SSSR count). The van der Waals surface area contributed by atoms with Crippen molar-refractivity contribution >= 4 is 28.5 Å². The smallest absolute Gasteiger partial charge is 0.307 e. The molecule has 0 saturated carbocycles. The lowest BCUT2D eigenvalue weighted by atomic mass is 10.0. The lowest BCUT2D eigenvalue weighted by Gasteiger charge is -2.25. The third-order valence-corrected chi connectivity index (χ3v) is 4.35. The standard InChI is InChI=1S/C15H17ClN2O2/c1-17-10-3-5-13-12(7-15(19)20)11-4-2-9(16)6-14(11)18(13)8-10/h2,4,6,10,17H,3,5,7-8H2,1H3,(H,19,20)/t10-/m0/s1. The highest BCUT2D eigenvalue weighted by atomic mass is 35.5. The monoisotopic (exact) mass is 292 g/mol. The maximum absolute atomic E-state index is 11.1. The van der Waals surface area contributed by atoms with Crippen LogP contribution in [0.25, 0.3) is 10.9 Å². The molecule has 1 aliphatic heterocycles. The van der Waals surface area contributed by atoms with Crippen LogP contribution in [0.4, 0.5) is 0 Å². The lowest BCUT2D eigenvalue weighted by Crippen LogP contribution is -2.35. The summed E-state index contributed by atoms with van der Waals surface area (Å²) in [6, 6.07) is 6.13. The molecule has 20 heavy (non-hydrogen) atoms. The third kappa shape index (κ3) is 2.19. The van der Waals surface area contributed by atoms with Gasteiger partial charge in [-0.2, -0.15) is 0 Å². The van der Waals surface area contributed by atoms with Crippen LogP contribution in [0.5, 0.6) is 0 Å². The number of nitrogens with zero attached hydrogens (tertiary/aromatic N) is 1. The van der Waals surface area contributed by atoms with Crippen LogP contribution in [0.2, 0.25) is 5.02 Å². The minimum Gasteiger partial charge on any atom is -0.481 e. The molecule has 4 nitrogen and oxygen atoms in total. The predicted octanol–water partition coefficient (Wildman–Crippen LogP) is 2.46. The Kier molecular flexibility index (Phi) is 3.44. The Bertz CT molecular complexity index is 678. The van der Waals surface area contributed by atoms with Crippen LogP contribution in [-0.4, -0.2) is 28.7 Å². The number of fused-ring (bicyclic) bond motifs is 3. The second kappa shape index (κ2) is 5.11. The summed E-state index contributed by atoms with van der Waals surface area (Å²) >= 11 is 6.10. The Morgan fingerprint density at radius 2 is 2.35 bits per heavy atom. The first-order valence-electron chi connectivity index (χ1n) is 6.78. The Morgan fingerprint density at radius 1 is 1.55 bits per heavy atom. The summed E-state index contributed by atoms with van der Waals surface area (Å²) in [6.07, 6.45) is 2.01. The van der Waals surface area contributed by atoms with Gasteiger partial charge in [0.2, 0.25) is 0 Å². The fourth-order valence-electron chi connectivity index (χ4n) is 3.15. The summed E-state index contributed by atoms with van der Waals surface area (Å²) in [7, 11) is 1.96. The first-order chi connectivity index (χ1) is 9.60. The van der Waals surface area contributed by atoms with E-state index in [0.29, 0.717) is 11.1 Å². The minimum absolute atomic E-state index is 0.0741. The van der Waals surface area contributed by atoms with Crippen LogP contribution in [-0.2, 0) is 24.2 Å². The summed E-state index contributed by atoms with van der Waals surface area (Å²) < 4.78 is 2.23. The first-order valence-corrected chi connectivity index (χ1v) is 7.16. The molecule has 0 radical (unpaired) electrons. The van der Waals surface area contributed by atoms with E-state index in [9.17, 15) is 4.79 Å². The van der Waals surface area contributed by atoms with Gasteiger partial charge in [-0.05, 0) is 37.6 Å². The maximum atomic E-state index is 11.1. The zero-order chi connectivity index (χ0) is 14.3. The molecule has 1 atom stereocenters. The van der Waals surface area contributed by atoms with E-state index in [2.05, 4.69) is 9.88 Å². The molecule has 0 unspecified atom stereocenters. The molecule has 1 aromatic heterocycles. The summed E-state index contributed by atoms with van der Waals surface area (Å²) in [5.74, 6) is -0.786. The second-order valence-corrected chi connectivity index (χ2v) is 5.73. The molecule has 0 fully saturated rings. The van der Waals surface area contributed by atoms with E-state index in [0.717, 1.165) is 41.5 Å². The van der Waals surface area contributed by atoms with E-state index in [1.807, 2.05) is 25.2 Å². The van der Waals surface area contributed by atoms with Gasteiger partial charge in [-0.15, -0.1) is 0 Å². The molecule has 106 valence electrons. The fourth-order valence-corrected chi connectivity index (χ4v) is 3.31. The molecular weight excluding hydrogens is 276 g/mol. The van der Waals surface area contributed by atoms with Crippen LogP contribution in [0.1, 0.15) is 17.7 Å². The number of aliphatic carboxylic acids is 1. The van der Waals surface area contributed by atoms with Gasteiger partial charge >= 0.3 is 5.97 Å². The van der Waals surface area contributed by atoms with Crippen LogP contribution in [0.3, 0.4) is 0 Å². The Labute approximate surface area is 122 Å². The zero-order valence-corrected chi connectivity index (χ0v) is 12.1. The zero-order valence-electron chi connectivity index (χ0n) is 11.3. The molecule has 2 aromatic rings. The molecule has 0 saturated heterocycles. The summed E-state index contributed by atoms with van der Waals surface area (Å²) in [6.45, 7) is 0.863. The normalized spacial score (nSPS) is 18.2. The van der Waals surface area contributed by atoms with E-state index >= 15 is 0 Å². The SMILES string of the molecule is CN[C@H]1CCc2c(CC(=O)O)c3ccc(Cl)cc3n2C1. The van der Waals surface area contributed by atoms with Gasteiger partial charge in [-0.3, -0.25) is 4.79 Å². The minimum atomic E-state index is -0.786. The first kappa shape index (κ1) is 13.5. The maximum Gasteiger partial charge on any atom is 0.307 e. The number of nitrogens with one attached hydrogen (secondary N) is 1. The van der Waals surface area contributed by atoms with Gasteiger partial charge in [-0.1, -0.05) is 17.7 Å². The highest BCUT2D eigenvalue weighted by molar-refractivity contribution is 6.31. The molecule has 0 bridgehead atoms. The van der Waals surface area contributed by atoms with E-state index in [1.165, 1.54) is 0 Å². The highest BCUT2D eigenvalue weighted by Crippen LogP contribution is 2.32. The lowest BCUT2D eigenvalue weighted by molar-refractivity contribution is -0.136. The largest absolute Gasteiger partial charge is 0.481 e. The number of hydrogen-bond donors (Lipinski definition) is 2. The van der Waals surface area contributed by atoms with Crippen molar-refractivity contribution < 1.29 is 9.90 Å². The van der Waals surface area contributed by atoms with Crippen molar-refractivity contribution in [1.82, 2.24) is 9.88 Å². The van der Waals surface area contributed by atoms with Crippen molar-refractivity contribution in [3.8, 4) is 0 Å². The van der Waals surface area contributed by atoms with Crippen molar-refractivity contribution in [3.05, 3.63) is 34.5 Å². The Morgan fingerprint density at radius 3 is 3.05 bits per heavy atom. The van der Waals surface area contributed by atoms with E-state index in [4.69, 9.17) is 16.7 Å². The van der Waals surface area contributed by atoms with Crippen LogP contribution >= 0.6 is 11.6 Å². The van der Waals surface area contributed by atoms with Gasteiger partial charge in [0.1, 0.15) is 0 Å². The Hall–Kier alpha value is -1.52. The van der Waals surface area contributed by atoms with Crippen molar-refractivity contribution in [2.75, 3.05) is 7.05 Å². The van der Waals surface area contributed by atoms with Gasteiger partial charge in [0.05, 0.1) is 11.9 Å². The van der Waals surface area contributed by atoms with Gasteiger partial charge in [0.25, 0.3) is 0 Å². The molecule has 0 aliphatic carbocycles. The van der Waals surface area contributed by atoms with E-state index in [-0.39, 0.29) is 6.42 Å². The fraction of sp³-hybridized carbons (Fsp3) is 0.400. The van der Waals surface area contributed by atoms with Gasteiger partial charge in [0.15, 0.2) is 0 Å². The number of hydrogen-bond acceptors (Lipinski definition) is 2. The number of rotatable bonds is 3. The molecule has 2 N–H and O–H groups in total. The molecule has 1 aliphatic rings. The van der Waals surface area contributed by atoms with Crippen molar-refractivity contribution in [3.63, 3.8) is 0 Å². The molecule has 2 heterocycles. The Balaban J connectivity index is 2.21. The number of likely N-dealkylation sites (N-methyl/N-ethyl adjacent to an activating group) is 1. The predicted molar refractivity (Wildman–Crippen MR) is 79.5 cm³/mol. The topological polar surface area (TPSA) is 54.3 Å². The van der Waals surface area contributed by atoms with E-state index in [1.54, 1.807) is 0 Å². The summed E-state index contributed by atoms with van der Waals surface area (Å²) in [4.78, 5) is 11.1. The summed E-state index contributed by atoms with van der Waals surface area (Å²) in [5.41, 5.74) is 3.14. The van der Waals surface area contributed by atoms with Gasteiger partial charge < -0.3 is 15.0 Å². The number of carbonyl (C=O) groups is 1. The quantitative estimate of drug-likeness (QED) is 0.914. The average Bonchev–Trinajstić information content (AvgIpc) is 2.71.